The van der Waals surface area contributed by atoms with E-state index in [0.29, 0.717) is 0 Å². The SMILES string of the molecule is O=S(=O)(O)O.[CH2-]CCCCCCCCCCCCc1ccccc1.[Na+]. The van der Waals surface area contributed by atoms with E-state index in [4.69, 9.17) is 17.5 Å². The molecule has 0 saturated heterocycles. The van der Waals surface area contributed by atoms with Crippen LogP contribution in [-0.2, 0) is 16.8 Å². The van der Waals surface area contributed by atoms with E-state index < -0.39 is 10.4 Å². The first-order valence-electron chi connectivity index (χ1n) is 8.96. The average Bonchev–Trinajstić information content (AvgIpc) is 2.52. The maximum atomic E-state index is 8.74. The molecular weight excluding hydrogens is 347 g/mol. The van der Waals surface area contributed by atoms with Gasteiger partial charge in [0.15, 0.2) is 0 Å². The van der Waals surface area contributed by atoms with Crippen molar-refractivity contribution in [3.8, 4) is 0 Å². The van der Waals surface area contributed by atoms with Crippen LogP contribution < -0.4 is 29.6 Å². The summed E-state index contributed by atoms with van der Waals surface area (Å²) in [4.78, 5) is 0. The Bertz CT molecular complexity index is 469. The van der Waals surface area contributed by atoms with Crippen LogP contribution in [0.3, 0.4) is 0 Å². The second-order valence-electron chi connectivity index (χ2n) is 6.07. The van der Waals surface area contributed by atoms with Crippen molar-refractivity contribution >= 4 is 10.4 Å². The fourth-order valence-electron chi connectivity index (χ4n) is 2.56. The van der Waals surface area contributed by atoms with Gasteiger partial charge >= 0.3 is 40.0 Å². The van der Waals surface area contributed by atoms with Crippen LogP contribution in [0.2, 0.25) is 0 Å². The van der Waals surface area contributed by atoms with Crippen molar-refractivity contribution in [2.75, 3.05) is 0 Å². The van der Waals surface area contributed by atoms with E-state index in [1.54, 1.807) is 0 Å². The van der Waals surface area contributed by atoms with Crippen molar-refractivity contribution in [2.24, 2.45) is 0 Å². The molecule has 0 saturated carbocycles. The van der Waals surface area contributed by atoms with Crippen LogP contribution in [0.25, 0.3) is 0 Å². The van der Waals surface area contributed by atoms with Gasteiger partial charge in [-0.25, -0.2) is 0 Å². The van der Waals surface area contributed by atoms with Gasteiger partial charge in [0.05, 0.1) is 0 Å². The number of unbranched alkanes of at least 4 members (excludes halogenated alkanes) is 10. The molecule has 0 aliphatic rings. The van der Waals surface area contributed by atoms with Crippen LogP contribution in [0, 0.1) is 6.92 Å². The summed E-state index contributed by atoms with van der Waals surface area (Å²) < 4.78 is 31.6. The van der Waals surface area contributed by atoms with Gasteiger partial charge < -0.3 is 6.92 Å². The topological polar surface area (TPSA) is 74.6 Å². The molecule has 1 aromatic carbocycles. The molecule has 1 aromatic rings. The van der Waals surface area contributed by atoms with E-state index in [0.717, 1.165) is 6.42 Å². The first-order chi connectivity index (χ1) is 11.4. The van der Waals surface area contributed by atoms with E-state index in [1.807, 2.05) is 0 Å². The van der Waals surface area contributed by atoms with E-state index in [9.17, 15) is 0 Å². The maximum Gasteiger partial charge on any atom is 1.00 e. The Morgan fingerprint density at radius 1 is 0.720 bits per heavy atom. The Kier molecular flexibility index (Phi) is 20.6. The Balaban J connectivity index is 0. The van der Waals surface area contributed by atoms with E-state index in [2.05, 4.69) is 37.3 Å². The molecule has 1 rings (SSSR count). The third kappa shape index (κ3) is 26.4. The van der Waals surface area contributed by atoms with E-state index in [-0.39, 0.29) is 29.6 Å². The molecule has 0 heterocycles. The van der Waals surface area contributed by atoms with Gasteiger partial charge in [0.25, 0.3) is 0 Å². The fraction of sp³-hybridized carbons (Fsp3) is 0.632. The molecule has 0 spiro atoms. The second kappa shape index (κ2) is 18.9. The zero-order valence-corrected chi connectivity index (χ0v) is 18.5. The van der Waals surface area contributed by atoms with Gasteiger partial charge in [-0.15, -0.1) is 0 Å². The molecule has 0 bridgehead atoms. The van der Waals surface area contributed by atoms with Crippen molar-refractivity contribution in [3.63, 3.8) is 0 Å². The predicted molar refractivity (Wildman–Crippen MR) is 100 cm³/mol. The summed E-state index contributed by atoms with van der Waals surface area (Å²) in [5.74, 6) is 0. The summed E-state index contributed by atoms with van der Waals surface area (Å²) in [6.07, 6.45) is 16.4. The largest absolute Gasteiger partial charge is 1.00 e. The molecule has 4 nitrogen and oxygen atoms in total. The van der Waals surface area contributed by atoms with Gasteiger partial charge in [0.2, 0.25) is 0 Å². The third-order valence-electron chi connectivity index (χ3n) is 3.81. The Morgan fingerprint density at radius 3 is 1.48 bits per heavy atom. The maximum absolute atomic E-state index is 8.74. The van der Waals surface area contributed by atoms with Gasteiger partial charge in [0.1, 0.15) is 0 Å². The summed E-state index contributed by atoms with van der Waals surface area (Å²) in [6, 6.07) is 10.9. The molecule has 2 N–H and O–H groups in total. The van der Waals surface area contributed by atoms with Gasteiger partial charge in [-0.1, -0.05) is 88.1 Å². The van der Waals surface area contributed by atoms with Crippen molar-refractivity contribution < 1.29 is 47.1 Å². The van der Waals surface area contributed by atoms with Crippen molar-refractivity contribution in [1.82, 2.24) is 0 Å². The van der Waals surface area contributed by atoms with Gasteiger partial charge in [0, 0.05) is 0 Å². The minimum atomic E-state index is -4.67. The molecule has 0 fully saturated rings. The number of hydrogen-bond donors (Lipinski definition) is 2. The second-order valence-corrected chi connectivity index (χ2v) is 6.97. The Labute approximate surface area is 176 Å². The Hall–Kier alpha value is 0.0900. The van der Waals surface area contributed by atoms with Crippen molar-refractivity contribution in [2.45, 2.75) is 77.0 Å². The molecule has 25 heavy (non-hydrogen) atoms. The van der Waals surface area contributed by atoms with Gasteiger partial charge in [-0.2, -0.15) is 14.8 Å². The summed E-state index contributed by atoms with van der Waals surface area (Å²) >= 11 is 0. The Morgan fingerprint density at radius 2 is 1.08 bits per heavy atom. The molecule has 6 heteroatoms. The standard InChI is InChI=1S/C19H31.Na.H2O4S/c1-2-3-4-5-6-7-8-9-10-11-13-16-19-17-14-12-15-18-19;;1-5(2,3)4/h12,14-15,17-18H,1-11,13,16H2;;(H2,1,2,3,4)/q-1;+1;. The monoisotopic (exact) mass is 380 g/mol. The van der Waals surface area contributed by atoms with Crippen molar-refractivity contribution in [3.05, 3.63) is 42.8 Å². The summed E-state index contributed by atoms with van der Waals surface area (Å²) in [5.41, 5.74) is 1.49. The molecule has 0 amide bonds. The summed E-state index contributed by atoms with van der Waals surface area (Å²) in [6.45, 7) is 3.88. The zero-order chi connectivity index (χ0) is 18.1. The molecule has 0 atom stereocenters. The zero-order valence-electron chi connectivity index (χ0n) is 15.7. The van der Waals surface area contributed by atoms with Crippen LogP contribution in [0.15, 0.2) is 30.3 Å². The molecule has 0 aromatic heterocycles. The quantitative estimate of drug-likeness (QED) is 0.253. The van der Waals surface area contributed by atoms with Crippen LogP contribution in [0.4, 0.5) is 0 Å². The van der Waals surface area contributed by atoms with Gasteiger partial charge in [-0.3, -0.25) is 9.11 Å². The summed E-state index contributed by atoms with van der Waals surface area (Å²) in [5, 5.41) is 0. The number of benzene rings is 1. The van der Waals surface area contributed by atoms with Crippen LogP contribution in [0.5, 0.6) is 0 Å². The first kappa shape index (κ1) is 27.3. The summed E-state index contributed by atoms with van der Waals surface area (Å²) in [7, 11) is -4.67. The van der Waals surface area contributed by atoms with E-state index >= 15 is 0 Å². The van der Waals surface area contributed by atoms with Crippen LogP contribution >= 0.6 is 0 Å². The van der Waals surface area contributed by atoms with Crippen LogP contribution in [0.1, 0.15) is 76.2 Å². The predicted octanol–water partition coefficient (Wildman–Crippen LogP) is 2.71. The molecule has 0 unspecified atom stereocenters. The molecule has 140 valence electrons. The third-order valence-corrected chi connectivity index (χ3v) is 3.81. The van der Waals surface area contributed by atoms with E-state index in [1.165, 1.54) is 76.2 Å². The molecule has 0 aliphatic carbocycles. The van der Waals surface area contributed by atoms with Crippen LogP contribution in [-0.4, -0.2) is 17.5 Å². The number of hydrogen-bond acceptors (Lipinski definition) is 2. The van der Waals surface area contributed by atoms with Crippen molar-refractivity contribution in [1.29, 1.82) is 0 Å². The molecular formula is C19H33NaO4S. The average molecular weight is 381 g/mol. The number of aryl methyl sites for hydroxylation is 1. The fourth-order valence-corrected chi connectivity index (χ4v) is 2.56. The molecule has 0 aliphatic heterocycles. The minimum Gasteiger partial charge on any atom is -0.343 e. The first-order valence-corrected chi connectivity index (χ1v) is 10.4. The normalized spacial score (nSPS) is 10.5. The molecule has 0 radical (unpaired) electrons. The number of rotatable bonds is 12. The minimum absolute atomic E-state index is 0. The van der Waals surface area contributed by atoms with Gasteiger partial charge in [-0.05, 0) is 18.4 Å². The smallest absolute Gasteiger partial charge is 0.343 e.